The highest BCUT2D eigenvalue weighted by Crippen LogP contribution is 2.32. The molecule has 1 heterocycles. The number of halogens is 1. The van der Waals surface area contributed by atoms with Crippen molar-refractivity contribution in [3.63, 3.8) is 0 Å². The normalized spacial score (nSPS) is 11.9. The Morgan fingerprint density at radius 1 is 1.08 bits per heavy atom. The van der Waals surface area contributed by atoms with Crippen molar-refractivity contribution in [1.82, 2.24) is 5.32 Å². The van der Waals surface area contributed by atoms with Gasteiger partial charge in [0, 0.05) is 12.2 Å². The molecule has 2 aromatic carbocycles. The number of hydrogen-bond donors (Lipinski definition) is 2. The second-order valence-electron chi connectivity index (χ2n) is 5.29. The Labute approximate surface area is 137 Å². The maximum atomic E-state index is 13.4. The average molecular weight is 330 g/mol. The molecule has 2 amide bonds. The molecule has 0 aromatic heterocycles. The molecule has 1 aliphatic rings. The number of anilines is 1. The molecule has 7 heteroatoms. The molecule has 2 aromatic rings. The van der Waals surface area contributed by atoms with E-state index in [9.17, 15) is 14.0 Å². The first-order valence-corrected chi connectivity index (χ1v) is 7.27. The van der Waals surface area contributed by atoms with E-state index in [1.165, 1.54) is 18.2 Å². The van der Waals surface area contributed by atoms with E-state index in [1.807, 2.05) is 0 Å². The van der Waals surface area contributed by atoms with Crippen LogP contribution in [0.5, 0.6) is 11.5 Å². The summed E-state index contributed by atoms with van der Waals surface area (Å²) in [6.07, 6.45) is 0. The minimum atomic E-state index is -0.862. The lowest BCUT2D eigenvalue weighted by Gasteiger charge is -2.08. The topological polar surface area (TPSA) is 76.7 Å². The Morgan fingerprint density at radius 2 is 1.88 bits per heavy atom. The van der Waals surface area contributed by atoms with E-state index < -0.39 is 17.6 Å². The SMILES string of the molecule is Cc1ccc(NC(=O)C(=O)NCc2ccc3c(c2)OCO3)cc1F. The Hall–Kier alpha value is -3.09. The molecular weight excluding hydrogens is 315 g/mol. The predicted octanol–water partition coefficient (Wildman–Crippen LogP) is 2.12. The van der Waals surface area contributed by atoms with Crippen LogP contribution in [0, 0.1) is 12.7 Å². The number of carbonyl (C=O) groups is 2. The van der Waals surface area contributed by atoms with Gasteiger partial charge in [0.25, 0.3) is 0 Å². The lowest BCUT2D eigenvalue weighted by molar-refractivity contribution is -0.136. The molecule has 0 aliphatic carbocycles. The highest BCUT2D eigenvalue weighted by Gasteiger charge is 2.16. The van der Waals surface area contributed by atoms with Crippen LogP contribution in [0.25, 0.3) is 0 Å². The Morgan fingerprint density at radius 3 is 2.67 bits per heavy atom. The second-order valence-corrected chi connectivity index (χ2v) is 5.29. The number of fused-ring (bicyclic) bond motifs is 1. The molecule has 24 heavy (non-hydrogen) atoms. The number of amides is 2. The van der Waals surface area contributed by atoms with Crippen molar-refractivity contribution in [2.45, 2.75) is 13.5 Å². The fourth-order valence-electron chi connectivity index (χ4n) is 2.17. The van der Waals surface area contributed by atoms with Crippen molar-refractivity contribution >= 4 is 17.5 Å². The molecule has 6 nitrogen and oxygen atoms in total. The molecule has 124 valence electrons. The van der Waals surface area contributed by atoms with Gasteiger partial charge in [0.15, 0.2) is 11.5 Å². The van der Waals surface area contributed by atoms with Gasteiger partial charge in [0.1, 0.15) is 5.82 Å². The number of rotatable bonds is 3. The van der Waals surface area contributed by atoms with Crippen LogP contribution in [0.2, 0.25) is 0 Å². The quantitative estimate of drug-likeness (QED) is 0.845. The van der Waals surface area contributed by atoms with Crippen molar-refractivity contribution in [2.75, 3.05) is 12.1 Å². The summed E-state index contributed by atoms with van der Waals surface area (Å²) >= 11 is 0. The third kappa shape index (κ3) is 3.45. The number of carbonyl (C=O) groups excluding carboxylic acids is 2. The van der Waals surface area contributed by atoms with Crippen LogP contribution in [-0.2, 0) is 16.1 Å². The zero-order valence-electron chi connectivity index (χ0n) is 12.9. The minimum absolute atomic E-state index is 0.158. The van der Waals surface area contributed by atoms with Gasteiger partial charge in [-0.3, -0.25) is 9.59 Å². The van der Waals surface area contributed by atoms with Crippen molar-refractivity contribution in [2.24, 2.45) is 0 Å². The number of nitrogens with one attached hydrogen (secondary N) is 2. The number of ether oxygens (including phenoxy) is 2. The van der Waals surface area contributed by atoms with Crippen molar-refractivity contribution in [1.29, 1.82) is 0 Å². The molecular formula is C17H15FN2O4. The fourth-order valence-corrected chi connectivity index (χ4v) is 2.17. The molecule has 0 bridgehead atoms. The smallest absolute Gasteiger partial charge is 0.313 e. The van der Waals surface area contributed by atoms with Gasteiger partial charge >= 0.3 is 11.8 Å². The molecule has 1 aliphatic heterocycles. The minimum Gasteiger partial charge on any atom is -0.454 e. The molecule has 3 rings (SSSR count). The molecule has 0 unspecified atom stereocenters. The van der Waals surface area contributed by atoms with Crippen molar-refractivity contribution in [3.05, 3.63) is 53.3 Å². The summed E-state index contributed by atoms with van der Waals surface area (Å²) in [6, 6.07) is 9.45. The number of benzene rings is 2. The maximum Gasteiger partial charge on any atom is 0.313 e. The summed E-state index contributed by atoms with van der Waals surface area (Å²) < 4.78 is 23.9. The standard InChI is InChI=1S/C17H15FN2O4/c1-10-2-4-12(7-13(10)18)20-17(22)16(21)19-8-11-3-5-14-15(6-11)24-9-23-14/h2-7H,8-9H2,1H3,(H,19,21)(H,20,22). The van der Waals surface area contributed by atoms with E-state index in [0.717, 1.165) is 5.56 Å². The molecule has 0 saturated heterocycles. The predicted molar refractivity (Wildman–Crippen MR) is 84.2 cm³/mol. The van der Waals surface area contributed by atoms with Gasteiger partial charge < -0.3 is 20.1 Å². The molecule has 0 spiro atoms. The van der Waals surface area contributed by atoms with Crippen LogP contribution in [0.1, 0.15) is 11.1 Å². The van der Waals surface area contributed by atoms with Gasteiger partial charge in [-0.05, 0) is 42.3 Å². The van der Waals surface area contributed by atoms with Crippen LogP contribution < -0.4 is 20.1 Å². The average Bonchev–Trinajstić information content (AvgIpc) is 3.03. The summed E-state index contributed by atoms with van der Waals surface area (Å²) in [4.78, 5) is 23.7. The molecule has 2 N–H and O–H groups in total. The lowest BCUT2D eigenvalue weighted by Crippen LogP contribution is -2.34. The van der Waals surface area contributed by atoms with Crippen LogP contribution in [0.3, 0.4) is 0 Å². The van der Waals surface area contributed by atoms with Gasteiger partial charge in [0.2, 0.25) is 6.79 Å². The summed E-state index contributed by atoms with van der Waals surface area (Å²) in [5, 5.41) is 4.85. The maximum absolute atomic E-state index is 13.4. The highest BCUT2D eigenvalue weighted by molar-refractivity contribution is 6.39. The lowest BCUT2D eigenvalue weighted by atomic mass is 10.2. The first kappa shape index (κ1) is 15.8. The number of aryl methyl sites for hydroxylation is 1. The first-order chi connectivity index (χ1) is 11.5. The van der Waals surface area contributed by atoms with Crippen LogP contribution in [0.4, 0.5) is 10.1 Å². The van der Waals surface area contributed by atoms with Crippen LogP contribution >= 0.6 is 0 Å². The van der Waals surface area contributed by atoms with Crippen LogP contribution in [0.15, 0.2) is 36.4 Å². The van der Waals surface area contributed by atoms with E-state index in [0.29, 0.717) is 17.1 Å². The Kier molecular flexibility index (Phi) is 4.33. The van der Waals surface area contributed by atoms with E-state index in [1.54, 1.807) is 25.1 Å². The van der Waals surface area contributed by atoms with Gasteiger partial charge in [-0.1, -0.05) is 12.1 Å². The fraction of sp³-hybridized carbons (Fsp3) is 0.176. The van der Waals surface area contributed by atoms with Gasteiger partial charge in [0.05, 0.1) is 0 Å². The Balaban J connectivity index is 1.56. The van der Waals surface area contributed by atoms with Gasteiger partial charge in [-0.15, -0.1) is 0 Å². The van der Waals surface area contributed by atoms with E-state index >= 15 is 0 Å². The van der Waals surface area contributed by atoms with Gasteiger partial charge in [-0.2, -0.15) is 0 Å². The summed E-state index contributed by atoms with van der Waals surface area (Å²) in [5.74, 6) is -0.883. The third-order valence-electron chi connectivity index (χ3n) is 3.53. The zero-order chi connectivity index (χ0) is 17.1. The summed E-state index contributed by atoms with van der Waals surface area (Å²) in [7, 11) is 0. The van der Waals surface area contributed by atoms with E-state index in [4.69, 9.17) is 9.47 Å². The van der Waals surface area contributed by atoms with E-state index in [-0.39, 0.29) is 19.0 Å². The molecule has 0 atom stereocenters. The van der Waals surface area contributed by atoms with E-state index in [2.05, 4.69) is 10.6 Å². The third-order valence-corrected chi connectivity index (χ3v) is 3.53. The first-order valence-electron chi connectivity index (χ1n) is 7.27. The molecule has 0 radical (unpaired) electrons. The Bertz CT molecular complexity index is 807. The van der Waals surface area contributed by atoms with Crippen LogP contribution in [-0.4, -0.2) is 18.6 Å². The van der Waals surface area contributed by atoms with Crippen molar-refractivity contribution in [3.8, 4) is 11.5 Å². The number of hydrogen-bond acceptors (Lipinski definition) is 4. The van der Waals surface area contributed by atoms with Gasteiger partial charge in [-0.25, -0.2) is 4.39 Å². The molecule has 0 fully saturated rings. The second kappa shape index (κ2) is 6.57. The summed E-state index contributed by atoms with van der Waals surface area (Å²) in [5.41, 5.74) is 1.45. The summed E-state index contributed by atoms with van der Waals surface area (Å²) in [6.45, 7) is 1.94. The monoisotopic (exact) mass is 330 g/mol. The zero-order valence-corrected chi connectivity index (χ0v) is 12.9. The molecule has 0 saturated carbocycles. The highest BCUT2D eigenvalue weighted by atomic mass is 19.1. The largest absolute Gasteiger partial charge is 0.454 e. The van der Waals surface area contributed by atoms with Crippen molar-refractivity contribution < 1.29 is 23.5 Å².